The van der Waals surface area contributed by atoms with Crippen molar-refractivity contribution >= 4 is 45.5 Å². The van der Waals surface area contributed by atoms with Gasteiger partial charge in [0.05, 0.1) is 5.16 Å². The monoisotopic (exact) mass is 365 g/mol. The summed E-state index contributed by atoms with van der Waals surface area (Å²) in [5, 5.41) is 4.46. The van der Waals surface area contributed by atoms with Gasteiger partial charge in [-0.25, -0.2) is 0 Å². The third kappa shape index (κ3) is 4.69. The number of thioether (sulfide) groups is 1. The minimum absolute atomic E-state index is 0.764. The first-order valence-corrected chi connectivity index (χ1v) is 11.4. The first-order valence-electron chi connectivity index (χ1n) is 9.09. The second-order valence-electron chi connectivity index (χ2n) is 7.07. The number of unbranched alkanes of at least 4 members (excludes halogenated alkanes) is 1. The summed E-state index contributed by atoms with van der Waals surface area (Å²) in [6.45, 7) is 2.30. The molecule has 0 spiro atoms. The van der Waals surface area contributed by atoms with Crippen LogP contribution in [0.1, 0.15) is 69.1 Å². The lowest BCUT2D eigenvalue weighted by Gasteiger charge is -2.42. The second-order valence-corrected chi connectivity index (χ2v) is 9.75. The Morgan fingerprint density at radius 1 is 1.22 bits per heavy atom. The molecule has 3 rings (SSSR count). The molecule has 0 saturated heterocycles. The third-order valence-corrected chi connectivity index (χ3v) is 8.24. The molecule has 2 saturated carbocycles. The van der Waals surface area contributed by atoms with Gasteiger partial charge in [0, 0.05) is 10.1 Å². The van der Waals surface area contributed by atoms with E-state index in [4.69, 9.17) is 12.2 Å². The van der Waals surface area contributed by atoms with Gasteiger partial charge in [-0.2, -0.15) is 16.8 Å². The number of thiocarbonyl (C=S) groups is 1. The number of hydrogen-bond donors (Lipinski definition) is 0. The Morgan fingerprint density at radius 2 is 2.04 bits per heavy atom. The molecule has 1 aromatic heterocycles. The molecule has 2 aliphatic carbocycles. The lowest BCUT2D eigenvalue weighted by atomic mass is 9.67. The summed E-state index contributed by atoms with van der Waals surface area (Å²) in [7, 11) is 0. The highest BCUT2D eigenvalue weighted by atomic mass is 32.2. The largest absolute Gasteiger partial charge is 0.184 e. The molecule has 4 atom stereocenters. The van der Waals surface area contributed by atoms with E-state index in [9.17, 15) is 0 Å². The zero-order valence-electron chi connectivity index (χ0n) is 14.0. The number of rotatable bonds is 6. The predicted molar refractivity (Wildman–Crippen MR) is 108 cm³/mol. The Bertz CT molecular complexity index is 547. The normalized spacial score (nSPS) is 30.5. The van der Waals surface area contributed by atoms with Crippen LogP contribution in [0.2, 0.25) is 0 Å². The highest BCUT2D eigenvalue weighted by molar-refractivity contribution is 7.99. The maximum absolute atomic E-state index is 4.71. The number of fused-ring (bicyclic) bond motifs is 1. The average molecular weight is 366 g/mol. The van der Waals surface area contributed by atoms with Crippen LogP contribution in [-0.4, -0.2) is 16.2 Å². The van der Waals surface area contributed by atoms with Crippen LogP contribution < -0.4 is 0 Å². The molecule has 23 heavy (non-hydrogen) atoms. The van der Waals surface area contributed by atoms with E-state index in [1.165, 1.54) is 62.0 Å². The van der Waals surface area contributed by atoms with Crippen molar-refractivity contribution in [3.63, 3.8) is 0 Å². The smallest absolute Gasteiger partial charge is 0.127 e. The maximum Gasteiger partial charge on any atom is 0.127 e. The zero-order chi connectivity index (χ0) is 16.1. The Kier molecular flexibility index (Phi) is 6.76. The van der Waals surface area contributed by atoms with Crippen LogP contribution in [0, 0.1) is 11.8 Å². The Labute approximate surface area is 154 Å². The summed E-state index contributed by atoms with van der Waals surface area (Å²) in [6, 6.07) is 4.38. The van der Waals surface area contributed by atoms with Crippen LogP contribution in [0.15, 0.2) is 17.1 Å². The predicted octanol–water partition coefficient (Wildman–Crippen LogP) is 7.07. The van der Waals surface area contributed by atoms with Crippen molar-refractivity contribution in [2.75, 3.05) is 5.75 Å². The van der Waals surface area contributed by atoms with Crippen LogP contribution in [0.5, 0.6) is 0 Å². The second kappa shape index (κ2) is 8.80. The molecule has 0 N–H and O–H groups in total. The minimum Gasteiger partial charge on any atom is -0.184 e. The molecule has 0 amide bonds. The summed E-state index contributed by atoms with van der Waals surface area (Å²) >= 11 is 8.79. The lowest BCUT2D eigenvalue weighted by Crippen LogP contribution is -2.31. The molecule has 2 fully saturated rings. The molecule has 4 unspecified atom stereocenters. The molecule has 4 heteroatoms. The standard InChI is InChI=1S/C19H27NS3/c1-2-3-10-22-17-7-6-14-11-16(5-4-15(14)12-17)18-8-9-19(23-18)20-13-21/h8-9,14-17H,2-7,10-12H2,1H3. The first-order chi connectivity index (χ1) is 11.3. The topological polar surface area (TPSA) is 12.4 Å². The van der Waals surface area contributed by atoms with Gasteiger partial charge in [0.2, 0.25) is 0 Å². The zero-order valence-corrected chi connectivity index (χ0v) is 16.4. The van der Waals surface area contributed by atoms with E-state index in [2.05, 4.69) is 41.0 Å². The molecule has 0 aromatic carbocycles. The number of isothiocyanates is 1. The lowest BCUT2D eigenvalue weighted by molar-refractivity contribution is 0.160. The van der Waals surface area contributed by atoms with E-state index in [1.54, 1.807) is 0 Å². The summed E-state index contributed by atoms with van der Waals surface area (Å²) < 4.78 is 0. The van der Waals surface area contributed by atoms with Crippen LogP contribution in [-0.2, 0) is 0 Å². The molecule has 1 aromatic rings. The fourth-order valence-corrected chi connectivity index (χ4v) is 6.93. The van der Waals surface area contributed by atoms with Crippen molar-refractivity contribution in [3.8, 4) is 0 Å². The van der Waals surface area contributed by atoms with E-state index >= 15 is 0 Å². The quantitative estimate of drug-likeness (QED) is 0.304. The number of aliphatic imine (C=N–C) groups is 1. The van der Waals surface area contributed by atoms with Crippen molar-refractivity contribution in [2.45, 2.75) is 69.5 Å². The van der Waals surface area contributed by atoms with Crippen LogP contribution >= 0.6 is 35.3 Å². The molecule has 2 aliphatic rings. The van der Waals surface area contributed by atoms with Gasteiger partial charge in [-0.05, 0) is 92.8 Å². The first kappa shape index (κ1) is 17.7. The molecule has 126 valence electrons. The number of thiophene rings is 1. The van der Waals surface area contributed by atoms with E-state index in [-0.39, 0.29) is 0 Å². The number of hydrogen-bond acceptors (Lipinski definition) is 4. The molecule has 1 nitrogen and oxygen atoms in total. The van der Waals surface area contributed by atoms with Crippen molar-refractivity contribution in [1.29, 1.82) is 0 Å². The molecule has 0 radical (unpaired) electrons. The summed E-state index contributed by atoms with van der Waals surface area (Å²) in [4.78, 5) is 5.65. The van der Waals surface area contributed by atoms with E-state index in [1.807, 2.05) is 11.3 Å². The van der Waals surface area contributed by atoms with Crippen molar-refractivity contribution in [3.05, 3.63) is 17.0 Å². The highest BCUT2D eigenvalue weighted by Crippen LogP contribution is 2.49. The molecule has 1 heterocycles. The van der Waals surface area contributed by atoms with Crippen molar-refractivity contribution in [1.82, 2.24) is 0 Å². The van der Waals surface area contributed by atoms with Gasteiger partial charge in [-0.15, -0.1) is 11.3 Å². The van der Waals surface area contributed by atoms with E-state index in [0.29, 0.717) is 0 Å². The SMILES string of the molecule is CCCCSC1CCC2CC(c3ccc(N=C=S)s3)CCC2C1. The van der Waals surface area contributed by atoms with E-state index < -0.39 is 0 Å². The van der Waals surface area contributed by atoms with Crippen LogP contribution in [0.4, 0.5) is 5.00 Å². The van der Waals surface area contributed by atoms with Gasteiger partial charge in [-0.1, -0.05) is 13.3 Å². The Hall–Kier alpha value is -0.150. The van der Waals surface area contributed by atoms with Crippen LogP contribution in [0.25, 0.3) is 0 Å². The van der Waals surface area contributed by atoms with E-state index in [0.717, 1.165) is 28.0 Å². The highest BCUT2D eigenvalue weighted by Gasteiger charge is 2.36. The van der Waals surface area contributed by atoms with Crippen molar-refractivity contribution in [2.24, 2.45) is 16.8 Å². The Balaban J connectivity index is 1.53. The third-order valence-electron chi connectivity index (χ3n) is 5.59. The molecule has 0 bridgehead atoms. The summed E-state index contributed by atoms with van der Waals surface area (Å²) in [6.07, 6.45) is 11.3. The van der Waals surface area contributed by atoms with Gasteiger partial charge >= 0.3 is 0 Å². The Morgan fingerprint density at radius 3 is 2.87 bits per heavy atom. The van der Waals surface area contributed by atoms with Gasteiger partial charge in [0.1, 0.15) is 5.00 Å². The maximum atomic E-state index is 4.71. The number of nitrogens with zero attached hydrogens (tertiary/aromatic N) is 1. The van der Waals surface area contributed by atoms with Gasteiger partial charge in [0.15, 0.2) is 0 Å². The van der Waals surface area contributed by atoms with Gasteiger partial charge in [-0.3, -0.25) is 0 Å². The van der Waals surface area contributed by atoms with Gasteiger partial charge in [0.25, 0.3) is 0 Å². The van der Waals surface area contributed by atoms with Crippen LogP contribution in [0.3, 0.4) is 0 Å². The fraction of sp³-hybridized carbons (Fsp3) is 0.737. The average Bonchev–Trinajstić information content (AvgIpc) is 3.04. The minimum atomic E-state index is 0.764. The molecular weight excluding hydrogens is 338 g/mol. The molecular formula is C19H27NS3. The van der Waals surface area contributed by atoms with Gasteiger partial charge < -0.3 is 0 Å². The summed E-state index contributed by atoms with van der Waals surface area (Å²) in [5.74, 6) is 4.10. The molecule has 0 aliphatic heterocycles. The van der Waals surface area contributed by atoms with Crippen molar-refractivity contribution < 1.29 is 0 Å². The summed E-state index contributed by atoms with van der Waals surface area (Å²) in [5.41, 5.74) is 0. The fourth-order valence-electron chi connectivity index (χ4n) is 4.32.